The third-order valence-corrected chi connectivity index (χ3v) is 5.60. The first-order valence-corrected chi connectivity index (χ1v) is 12.7. The van der Waals surface area contributed by atoms with E-state index in [1.54, 1.807) is 32.9 Å². The lowest BCUT2D eigenvalue weighted by Crippen LogP contribution is -2.44. The van der Waals surface area contributed by atoms with E-state index in [1.807, 2.05) is 6.92 Å². The molecule has 1 aliphatic rings. The molecule has 37 heavy (non-hydrogen) atoms. The fourth-order valence-electron chi connectivity index (χ4n) is 3.51. The molecule has 1 aliphatic carbocycles. The Morgan fingerprint density at radius 3 is 2.35 bits per heavy atom. The van der Waals surface area contributed by atoms with E-state index < -0.39 is 24.2 Å². The van der Waals surface area contributed by atoms with Crippen molar-refractivity contribution in [2.24, 2.45) is 4.99 Å². The molecule has 0 aromatic rings. The Morgan fingerprint density at radius 2 is 1.76 bits per heavy atom. The first kappa shape index (κ1) is 32.5. The van der Waals surface area contributed by atoms with Crippen LogP contribution >= 0.6 is 11.6 Å². The SMILES string of the molecule is C/C(CC(F)(F)F)=C(Cl)\C=C/CCNC(=O)NC1CCC(O/C(C)=C/C=NCC(=O)OC(C)(C)C)CC1. The van der Waals surface area contributed by atoms with E-state index in [0.29, 0.717) is 18.7 Å². The van der Waals surface area contributed by atoms with Crippen LogP contribution in [0.4, 0.5) is 18.0 Å². The highest BCUT2D eigenvalue weighted by atomic mass is 35.5. The minimum absolute atomic E-state index is 0.0393. The molecule has 0 radical (unpaired) electrons. The highest BCUT2D eigenvalue weighted by Gasteiger charge is 2.28. The molecule has 1 saturated carbocycles. The number of nitrogens with zero attached hydrogens (tertiary/aromatic N) is 1. The van der Waals surface area contributed by atoms with E-state index in [1.165, 1.54) is 19.2 Å². The van der Waals surface area contributed by atoms with Gasteiger partial charge in [0, 0.05) is 23.8 Å². The fourth-order valence-corrected chi connectivity index (χ4v) is 3.66. The number of aliphatic imine (C=N–C) groups is 1. The minimum Gasteiger partial charge on any atom is -0.495 e. The predicted molar refractivity (Wildman–Crippen MR) is 140 cm³/mol. The second kappa shape index (κ2) is 15.7. The third kappa shape index (κ3) is 16.8. The molecule has 0 saturated heterocycles. The van der Waals surface area contributed by atoms with E-state index in [9.17, 15) is 22.8 Å². The number of nitrogens with one attached hydrogen (secondary N) is 2. The Labute approximate surface area is 222 Å². The van der Waals surface area contributed by atoms with Crippen molar-refractivity contribution in [3.8, 4) is 0 Å². The molecule has 210 valence electrons. The van der Waals surface area contributed by atoms with E-state index in [0.717, 1.165) is 25.7 Å². The van der Waals surface area contributed by atoms with Crippen molar-refractivity contribution in [2.75, 3.05) is 13.1 Å². The molecule has 0 aromatic carbocycles. The van der Waals surface area contributed by atoms with Gasteiger partial charge in [0.15, 0.2) is 0 Å². The second-order valence-electron chi connectivity index (χ2n) is 9.96. The number of hydrogen-bond acceptors (Lipinski definition) is 5. The van der Waals surface area contributed by atoms with Crippen molar-refractivity contribution in [3.63, 3.8) is 0 Å². The summed E-state index contributed by atoms with van der Waals surface area (Å²) < 4.78 is 48.3. The number of hydrogen-bond donors (Lipinski definition) is 2. The largest absolute Gasteiger partial charge is 0.495 e. The average molecular weight is 550 g/mol. The lowest BCUT2D eigenvalue weighted by atomic mass is 9.93. The molecule has 0 atom stereocenters. The van der Waals surface area contributed by atoms with Gasteiger partial charge in [0.2, 0.25) is 0 Å². The van der Waals surface area contributed by atoms with Gasteiger partial charge in [-0.3, -0.25) is 9.79 Å². The van der Waals surface area contributed by atoms with Crippen molar-refractivity contribution >= 4 is 29.8 Å². The number of halogens is 4. The normalized spacial score (nSPS) is 20.1. The van der Waals surface area contributed by atoms with Crippen molar-refractivity contribution < 1.29 is 32.2 Å². The molecule has 0 aromatic heterocycles. The molecular weight excluding hydrogens is 511 g/mol. The zero-order valence-electron chi connectivity index (χ0n) is 22.2. The van der Waals surface area contributed by atoms with Crippen molar-refractivity contribution in [2.45, 2.75) is 97.1 Å². The van der Waals surface area contributed by atoms with Gasteiger partial charge in [-0.05, 0) is 84.4 Å². The zero-order chi connectivity index (χ0) is 28.1. The summed E-state index contributed by atoms with van der Waals surface area (Å²) in [6.45, 7) is 8.85. The summed E-state index contributed by atoms with van der Waals surface area (Å²) in [7, 11) is 0. The van der Waals surface area contributed by atoms with Gasteiger partial charge in [-0.15, -0.1) is 0 Å². The number of alkyl halides is 3. The number of amides is 2. The first-order valence-electron chi connectivity index (χ1n) is 12.3. The molecule has 0 bridgehead atoms. The maximum atomic E-state index is 12.4. The van der Waals surface area contributed by atoms with Crippen molar-refractivity contribution in [3.05, 3.63) is 34.6 Å². The Kier molecular flexibility index (Phi) is 13.8. The van der Waals surface area contributed by atoms with E-state index >= 15 is 0 Å². The zero-order valence-corrected chi connectivity index (χ0v) is 23.0. The van der Waals surface area contributed by atoms with Crippen LogP contribution in [0, 0.1) is 0 Å². The van der Waals surface area contributed by atoms with Crippen LogP contribution in [0.25, 0.3) is 0 Å². The first-order chi connectivity index (χ1) is 17.1. The summed E-state index contributed by atoms with van der Waals surface area (Å²) >= 11 is 5.87. The molecule has 2 N–H and O–H groups in total. The van der Waals surface area contributed by atoms with Crippen LogP contribution in [0.1, 0.15) is 73.1 Å². The number of esters is 1. The van der Waals surface area contributed by atoms with Crippen LogP contribution in [0.5, 0.6) is 0 Å². The summed E-state index contributed by atoms with van der Waals surface area (Å²) in [5.74, 6) is 0.303. The Morgan fingerprint density at radius 1 is 1.11 bits per heavy atom. The predicted octanol–water partition coefficient (Wildman–Crippen LogP) is 6.34. The molecule has 2 amide bonds. The number of carbonyl (C=O) groups is 2. The molecule has 1 fully saturated rings. The fraction of sp³-hybridized carbons (Fsp3) is 0.654. The van der Waals surface area contributed by atoms with Gasteiger partial charge in [0.1, 0.15) is 12.1 Å². The summed E-state index contributed by atoms with van der Waals surface area (Å²) in [6.07, 6.45) is 4.55. The maximum absolute atomic E-state index is 12.4. The average Bonchev–Trinajstić information content (AvgIpc) is 2.75. The number of ether oxygens (including phenoxy) is 2. The van der Waals surface area contributed by atoms with Crippen LogP contribution in [0.2, 0.25) is 0 Å². The van der Waals surface area contributed by atoms with E-state index in [2.05, 4.69) is 15.6 Å². The van der Waals surface area contributed by atoms with Gasteiger partial charge < -0.3 is 20.1 Å². The van der Waals surface area contributed by atoms with E-state index in [-0.39, 0.29) is 35.3 Å². The number of allylic oxidation sites excluding steroid dienone is 5. The second-order valence-corrected chi connectivity index (χ2v) is 10.4. The monoisotopic (exact) mass is 549 g/mol. The van der Waals surface area contributed by atoms with Gasteiger partial charge in [0.25, 0.3) is 0 Å². The summed E-state index contributed by atoms with van der Waals surface area (Å²) in [5.41, 5.74) is -0.489. The summed E-state index contributed by atoms with van der Waals surface area (Å²) in [4.78, 5) is 27.8. The third-order valence-electron chi connectivity index (χ3n) is 5.15. The highest BCUT2D eigenvalue weighted by molar-refractivity contribution is 6.31. The smallest absolute Gasteiger partial charge is 0.392 e. The standard InChI is InChI=1S/C26H39ClF3N3O4/c1-18(16-26(28,29)30)22(27)8-6-7-14-32-24(35)33-20-9-11-21(12-10-20)36-19(2)13-15-31-17-23(34)37-25(3,4)5/h6,8,13,15,20-21H,7,9-12,14,16-17H2,1-5H3,(H2,32,33,35)/b8-6-,19-13+,22-18-,31-15?. The van der Waals surface area contributed by atoms with Gasteiger partial charge in [-0.25, -0.2) is 4.79 Å². The molecular formula is C26H39ClF3N3O4. The molecule has 11 heteroatoms. The Bertz CT molecular complexity index is 869. The maximum Gasteiger partial charge on any atom is 0.392 e. The van der Waals surface area contributed by atoms with Gasteiger partial charge in [-0.1, -0.05) is 17.7 Å². The van der Waals surface area contributed by atoms with Crippen molar-refractivity contribution in [1.29, 1.82) is 0 Å². The van der Waals surface area contributed by atoms with Gasteiger partial charge >= 0.3 is 18.2 Å². The lowest BCUT2D eigenvalue weighted by molar-refractivity contribution is -0.152. The van der Waals surface area contributed by atoms with Crippen LogP contribution < -0.4 is 10.6 Å². The van der Waals surface area contributed by atoms with Crippen LogP contribution in [0.3, 0.4) is 0 Å². The Balaban J connectivity index is 2.26. The quantitative estimate of drug-likeness (QED) is 0.103. The van der Waals surface area contributed by atoms with Crippen LogP contribution in [0.15, 0.2) is 39.6 Å². The molecule has 0 aliphatic heterocycles. The number of rotatable bonds is 11. The van der Waals surface area contributed by atoms with E-state index in [4.69, 9.17) is 21.1 Å². The topological polar surface area (TPSA) is 89.0 Å². The van der Waals surface area contributed by atoms with Gasteiger partial charge in [0.05, 0.1) is 18.3 Å². The lowest BCUT2D eigenvalue weighted by Gasteiger charge is -2.29. The highest BCUT2D eigenvalue weighted by Crippen LogP contribution is 2.27. The van der Waals surface area contributed by atoms with Crippen LogP contribution in [-0.2, 0) is 14.3 Å². The van der Waals surface area contributed by atoms with Crippen molar-refractivity contribution in [1.82, 2.24) is 10.6 Å². The summed E-state index contributed by atoms with van der Waals surface area (Å²) in [5, 5.41) is 5.73. The number of urea groups is 1. The van der Waals surface area contributed by atoms with Crippen LogP contribution in [-0.4, -0.2) is 55.2 Å². The molecule has 7 nitrogen and oxygen atoms in total. The summed E-state index contributed by atoms with van der Waals surface area (Å²) in [6, 6.07) is -0.248. The minimum atomic E-state index is -4.29. The molecule has 0 unspecified atom stereocenters. The number of carbonyl (C=O) groups excluding carboxylic acids is 2. The Hall–Kier alpha value is -2.49. The molecule has 0 heterocycles. The molecule has 1 rings (SSSR count). The van der Waals surface area contributed by atoms with Gasteiger partial charge in [-0.2, -0.15) is 13.2 Å². The molecule has 0 spiro atoms.